The van der Waals surface area contributed by atoms with Gasteiger partial charge in [-0.05, 0) is 35.0 Å². The molecule has 1 amide bonds. The van der Waals surface area contributed by atoms with Gasteiger partial charge < -0.3 is 5.11 Å². The van der Waals surface area contributed by atoms with Crippen molar-refractivity contribution in [3.8, 4) is 17.1 Å². The van der Waals surface area contributed by atoms with E-state index in [-0.39, 0.29) is 11.7 Å². The van der Waals surface area contributed by atoms with Crippen molar-refractivity contribution in [2.45, 2.75) is 6.54 Å². The monoisotopic (exact) mass is 398 g/mol. The maximum Gasteiger partial charge on any atom is 0.271 e. The first kappa shape index (κ1) is 19.0. The van der Waals surface area contributed by atoms with Crippen LogP contribution in [-0.2, 0) is 6.54 Å². The molecule has 0 radical (unpaired) electrons. The summed E-state index contributed by atoms with van der Waals surface area (Å²) in [6, 6.07) is 23.4. The quantitative estimate of drug-likeness (QED) is 0.384. The number of aromatic nitrogens is 4. The number of hydrogen-bond donors (Lipinski definition) is 2. The van der Waals surface area contributed by atoms with Crippen molar-refractivity contribution in [3.63, 3.8) is 0 Å². The molecule has 0 bridgehead atoms. The number of nitrogens with one attached hydrogen (secondary N) is 1. The lowest BCUT2D eigenvalue weighted by Crippen LogP contribution is -2.17. The summed E-state index contributed by atoms with van der Waals surface area (Å²) in [4.78, 5) is 13.7. The van der Waals surface area contributed by atoms with Gasteiger partial charge in [0.25, 0.3) is 5.91 Å². The number of hydrazone groups is 1. The fourth-order valence-corrected chi connectivity index (χ4v) is 2.76. The first-order chi connectivity index (χ1) is 14.7. The number of phenolic OH excluding ortho intramolecular Hbond substituents is 1. The number of benzene rings is 3. The van der Waals surface area contributed by atoms with Crippen LogP contribution < -0.4 is 5.43 Å². The molecule has 148 valence electrons. The van der Waals surface area contributed by atoms with Crippen molar-refractivity contribution < 1.29 is 9.90 Å². The van der Waals surface area contributed by atoms with Crippen LogP contribution in [0.25, 0.3) is 11.4 Å². The van der Waals surface area contributed by atoms with Crippen LogP contribution in [0.2, 0.25) is 0 Å². The lowest BCUT2D eigenvalue weighted by molar-refractivity contribution is 0.0955. The van der Waals surface area contributed by atoms with E-state index in [0.717, 1.165) is 11.1 Å². The molecule has 0 unspecified atom stereocenters. The number of rotatable bonds is 6. The Bertz CT molecular complexity index is 1170. The van der Waals surface area contributed by atoms with E-state index in [0.29, 0.717) is 23.5 Å². The number of para-hydroxylation sites is 1. The highest BCUT2D eigenvalue weighted by Crippen LogP contribution is 2.13. The topological polar surface area (TPSA) is 105 Å². The van der Waals surface area contributed by atoms with E-state index in [1.54, 1.807) is 36.4 Å². The Hall–Kier alpha value is -4.33. The molecule has 0 saturated heterocycles. The Morgan fingerprint density at radius 1 is 1.00 bits per heavy atom. The Kier molecular flexibility index (Phi) is 5.56. The normalized spacial score (nSPS) is 10.9. The number of phenols is 1. The second-order valence-corrected chi connectivity index (χ2v) is 6.46. The Morgan fingerprint density at radius 2 is 1.73 bits per heavy atom. The van der Waals surface area contributed by atoms with Gasteiger partial charge in [-0.3, -0.25) is 4.79 Å². The second kappa shape index (κ2) is 8.78. The predicted octanol–water partition coefficient (Wildman–Crippen LogP) is 2.86. The highest BCUT2D eigenvalue weighted by atomic mass is 16.3. The Balaban J connectivity index is 1.36. The fraction of sp³-hybridized carbons (Fsp3) is 0.0455. The maximum absolute atomic E-state index is 12.2. The van der Waals surface area contributed by atoms with E-state index >= 15 is 0 Å². The molecule has 2 N–H and O–H groups in total. The average molecular weight is 398 g/mol. The van der Waals surface area contributed by atoms with E-state index in [1.807, 2.05) is 42.5 Å². The third kappa shape index (κ3) is 4.56. The number of carbonyl (C=O) groups excluding carboxylic acids is 1. The minimum absolute atomic E-state index is 0.0944. The molecule has 1 aromatic heterocycles. The SMILES string of the molecule is O=C(N/N=C/c1ccccc1O)c1ccc(Cn2nnc(-c3ccccc3)n2)cc1. The van der Waals surface area contributed by atoms with Gasteiger partial charge in [0.2, 0.25) is 5.82 Å². The molecule has 0 aliphatic rings. The summed E-state index contributed by atoms with van der Waals surface area (Å²) in [5.74, 6) is 0.310. The van der Waals surface area contributed by atoms with Crippen molar-refractivity contribution in [3.05, 3.63) is 95.6 Å². The van der Waals surface area contributed by atoms with Crippen molar-refractivity contribution in [1.82, 2.24) is 25.6 Å². The van der Waals surface area contributed by atoms with Crippen molar-refractivity contribution >= 4 is 12.1 Å². The van der Waals surface area contributed by atoms with Gasteiger partial charge in [0.15, 0.2) is 0 Å². The maximum atomic E-state index is 12.2. The van der Waals surface area contributed by atoms with Gasteiger partial charge in [0.1, 0.15) is 5.75 Å². The van der Waals surface area contributed by atoms with Crippen molar-refractivity contribution in [1.29, 1.82) is 0 Å². The van der Waals surface area contributed by atoms with Crippen LogP contribution in [-0.4, -0.2) is 37.4 Å². The molecule has 1 heterocycles. The van der Waals surface area contributed by atoms with Crippen LogP contribution in [0.1, 0.15) is 21.5 Å². The van der Waals surface area contributed by atoms with Gasteiger partial charge in [-0.25, -0.2) is 5.43 Å². The van der Waals surface area contributed by atoms with Crippen LogP contribution in [0.3, 0.4) is 0 Å². The molecule has 0 saturated carbocycles. The highest BCUT2D eigenvalue weighted by Gasteiger charge is 2.08. The van der Waals surface area contributed by atoms with E-state index in [1.165, 1.54) is 11.0 Å². The van der Waals surface area contributed by atoms with Gasteiger partial charge in [0, 0.05) is 16.7 Å². The molecule has 0 spiro atoms. The predicted molar refractivity (Wildman–Crippen MR) is 112 cm³/mol. The van der Waals surface area contributed by atoms with Crippen LogP contribution in [0.4, 0.5) is 0 Å². The second-order valence-electron chi connectivity index (χ2n) is 6.46. The van der Waals surface area contributed by atoms with Crippen LogP contribution >= 0.6 is 0 Å². The Labute approximate surface area is 172 Å². The molecule has 4 aromatic rings. The molecule has 30 heavy (non-hydrogen) atoms. The summed E-state index contributed by atoms with van der Waals surface area (Å²) < 4.78 is 0. The first-order valence-corrected chi connectivity index (χ1v) is 9.22. The molecular formula is C22H18N6O2. The van der Waals surface area contributed by atoms with E-state index in [2.05, 4.69) is 25.9 Å². The van der Waals surface area contributed by atoms with Gasteiger partial charge in [-0.2, -0.15) is 9.90 Å². The summed E-state index contributed by atoms with van der Waals surface area (Å²) in [7, 11) is 0. The van der Waals surface area contributed by atoms with Crippen molar-refractivity contribution in [2.24, 2.45) is 5.10 Å². The van der Waals surface area contributed by atoms with Gasteiger partial charge in [0.05, 0.1) is 12.8 Å². The van der Waals surface area contributed by atoms with Crippen LogP contribution in [0, 0.1) is 0 Å². The van der Waals surface area contributed by atoms with Gasteiger partial charge >= 0.3 is 0 Å². The summed E-state index contributed by atoms with van der Waals surface area (Å²) in [5, 5.41) is 26.1. The van der Waals surface area contributed by atoms with Crippen molar-refractivity contribution in [2.75, 3.05) is 0 Å². The third-order valence-electron chi connectivity index (χ3n) is 4.33. The molecule has 0 fully saturated rings. The van der Waals surface area contributed by atoms with Gasteiger partial charge in [-0.1, -0.05) is 54.6 Å². The molecule has 3 aromatic carbocycles. The zero-order chi connectivity index (χ0) is 20.8. The van der Waals surface area contributed by atoms with Gasteiger partial charge in [-0.15, -0.1) is 10.2 Å². The zero-order valence-corrected chi connectivity index (χ0v) is 15.9. The molecule has 4 rings (SSSR count). The van der Waals surface area contributed by atoms with E-state index < -0.39 is 0 Å². The number of nitrogens with zero attached hydrogens (tertiary/aromatic N) is 5. The minimum Gasteiger partial charge on any atom is -0.507 e. The zero-order valence-electron chi connectivity index (χ0n) is 15.9. The lowest BCUT2D eigenvalue weighted by atomic mass is 10.1. The molecule has 8 heteroatoms. The smallest absolute Gasteiger partial charge is 0.271 e. The van der Waals surface area contributed by atoms with Crippen LogP contribution in [0.15, 0.2) is 84.0 Å². The average Bonchev–Trinajstić information content (AvgIpc) is 3.25. The van der Waals surface area contributed by atoms with E-state index in [4.69, 9.17) is 0 Å². The molecule has 8 nitrogen and oxygen atoms in total. The number of aromatic hydroxyl groups is 1. The van der Waals surface area contributed by atoms with E-state index in [9.17, 15) is 9.90 Å². The summed E-state index contributed by atoms with van der Waals surface area (Å²) in [5.41, 5.74) is 5.26. The standard InChI is InChI=1S/C22H18N6O2/c29-20-9-5-4-8-19(20)14-23-25-22(30)18-12-10-16(11-13-18)15-28-26-21(24-27-28)17-6-2-1-3-7-17/h1-14,29H,15H2,(H,25,30)/b23-14+. The molecule has 0 aliphatic heterocycles. The first-order valence-electron chi connectivity index (χ1n) is 9.22. The Morgan fingerprint density at radius 3 is 2.50 bits per heavy atom. The number of carbonyl (C=O) groups is 1. The fourth-order valence-electron chi connectivity index (χ4n) is 2.76. The molecule has 0 aliphatic carbocycles. The number of hydrogen-bond acceptors (Lipinski definition) is 6. The molecule has 0 atom stereocenters. The molecular weight excluding hydrogens is 380 g/mol. The minimum atomic E-state index is -0.349. The largest absolute Gasteiger partial charge is 0.507 e. The summed E-state index contributed by atoms with van der Waals surface area (Å²) in [6.07, 6.45) is 1.39. The summed E-state index contributed by atoms with van der Waals surface area (Å²) in [6.45, 7) is 0.438. The van der Waals surface area contributed by atoms with Crippen LogP contribution in [0.5, 0.6) is 5.75 Å². The lowest BCUT2D eigenvalue weighted by Gasteiger charge is -2.03. The number of amides is 1. The third-order valence-corrected chi connectivity index (χ3v) is 4.33. The summed E-state index contributed by atoms with van der Waals surface area (Å²) >= 11 is 0. The highest BCUT2D eigenvalue weighted by molar-refractivity contribution is 5.95. The number of tetrazole rings is 1.